The molecule has 0 unspecified atom stereocenters. The van der Waals surface area contributed by atoms with Gasteiger partial charge in [0.25, 0.3) is 0 Å². The van der Waals surface area contributed by atoms with Crippen molar-refractivity contribution < 1.29 is 4.74 Å². The van der Waals surface area contributed by atoms with Crippen molar-refractivity contribution in [2.45, 2.75) is 0 Å². The normalized spacial score (nSPS) is 10.6. The van der Waals surface area contributed by atoms with Crippen molar-refractivity contribution in [3.05, 3.63) is 59.6 Å². The van der Waals surface area contributed by atoms with Crippen molar-refractivity contribution in [2.75, 3.05) is 7.11 Å². The number of benzene rings is 2. The summed E-state index contributed by atoms with van der Waals surface area (Å²) in [5, 5.41) is 1.69. The van der Waals surface area contributed by atoms with Crippen LogP contribution in [0.1, 0.15) is 0 Å². The Hall–Kier alpha value is -2.06. The van der Waals surface area contributed by atoms with Gasteiger partial charge in [-0.2, -0.15) is 0 Å². The van der Waals surface area contributed by atoms with E-state index >= 15 is 0 Å². The summed E-state index contributed by atoms with van der Waals surface area (Å²) in [6.45, 7) is 0. The van der Waals surface area contributed by atoms with Crippen molar-refractivity contribution in [3.63, 3.8) is 0 Å². The number of fused-ring (bicyclic) bond motifs is 1. The summed E-state index contributed by atoms with van der Waals surface area (Å²) in [4.78, 5) is 4.65. The molecule has 0 aliphatic rings. The molecule has 0 atom stereocenters. The highest BCUT2D eigenvalue weighted by atomic mass is 35.5. The Morgan fingerprint density at radius 1 is 1.00 bits per heavy atom. The molecule has 0 saturated carbocycles. The van der Waals surface area contributed by atoms with Gasteiger partial charge < -0.3 is 4.74 Å². The molecule has 0 spiro atoms. The molecule has 3 rings (SSSR count). The molecule has 0 N–H and O–H groups in total. The van der Waals surface area contributed by atoms with E-state index in [1.807, 2.05) is 54.6 Å². The predicted molar refractivity (Wildman–Crippen MR) is 78.7 cm³/mol. The third-order valence-corrected chi connectivity index (χ3v) is 3.38. The molecule has 0 radical (unpaired) electrons. The van der Waals surface area contributed by atoms with Gasteiger partial charge in [-0.1, -0.05) is 41.9 Å². The van der Waals surface area contributed by atoms with E-state index in [-0.39, 0.29) is 0 Å². The summed E-state index contributed by atoms with van der Waals surface area (Å²) in [7, 11) is 1.66. The second kappa shape index (κ2) is 4.90. The summed E-state index contributed by atoms with van der Waals surface area (Å²) < 4.78 is 5.45. The number of ether oxygens (including phenoxy) is 1. The average molecular weight is 270 g/mol. The van der Waals surface area contributed by atoms with Gasteiger partial charge >= 0.3 is 0 Å². The summed E-state index contributed by atoms with van der Waals surface area (Å²) in [6.07, 6.45) is 0. The molecule has 0 fully saturated rings. The second-order valence-electron chi connectivity index (χ2n) is 4.21. The minimum absolute atomic E-state index is 0.687. The van der Waals surface area contributed by atoms with Gasteiger partial charge in [0.05, 0.1) is 18.3 Å². The minimum Gasteiger partial charge on any atom is -0.496 e. The summed E-state index contributed by atoms with van der Waals surface area (Å²) >= 11 is 6.22. The van der Waals surface area contributed by atoms with Gasteiger partial charge in [-0.05, 0) is 18.2 Å². The maximum atomic E-state index is 6.22. The maximum absolute atomic E-state index is 6.22. The van der Waals surface area contributed by atoms with E-state index in [1.165, 1.54) is 0 Å². The molecule has 2 aromatic carbocycles. The lowest BCUT2D eigenvalue weighted by molar-refractivity contribution is 0.419. The number of pyridine rings is 1. The molecule has 0 amide bonds. The average Bonchev–Trinajstić information content (AvgIpc) is 2.46. The van der Waals surface area contributed by atoms with Crippen LogP contribution in [0.15, 0.2) is 54.6 Å². The third-order valence-electron chi connectivity index (χ3n) is 3.05. The monoisotopic (exact) mass is 269 g/mol. The number of methoxy groups -OCH3 is 1. The lowest BCUT2D eigenvalue weighted by atomic mass is 10.1. The fourth-order valence-electron chi connectivity index (χ4n) is 2.12. The lowest BCUT2D eigenvalue weighted by Gasteiger charge is -2.09. The Balaban J connectivity index is 2.29. The van der Waals surface area contributed by atoms with E-state index in [4.69, 9.17) is 16.3 Å². The second-order valence-corrected chi connectivity index (χ2v) is 4.61. The number of hydrogen-bond donors (Lipinski definition) is 0. The van der Waals surface area contributed by atoms with E-state index in [0.717, 1.165) is 27.9 Å². The molecule has 1 aromatic heterocycles. The quantitative estimate of drug-likeness (QED) is 0.680. The Kier molecular flexibility index (Phi) is 3.10. The Labute approximate surface area is 116 Å². The fraction of sp³-hybridized carbons (Fsp3) is 0.0625. The van der Waals surface area contributed by atoms with Crippen LogP contribution in [0, 0.1) is 0 Å². The third kappa shape index (κ3) is 2.15. The molecule has 19 heavy (non-hydrogen) atoms. The van der Waals surface area contributed by atoms with Gasteiger partial charge in [0, 0.05) is 22.0 Å². The van der Waals surface area contributed by atoms with Crippen LogP contribution in [0.3, 0.4) is 0 Å². The molecule has 0 bridgehead atoms. The number of rotatable bonds is 2. The number of halogens is 1. The van der Waals surface area contributed by atoms with Crippen molar-refractivity contribution in [1.29, 1.82) is 0 Å². The highest BCUT2D eigenvalue weighted by molar-refractivity contribution is 6.33. The van der Waals surface area contributed by atoms with Crippen molar-refractivity contribution >= 4 is 22.5 Å². The smallest absolute Gasteiger partial charge is 0.130 e. The first-order valence-corrected chi connectivity index (χ1v) is 6.36. The molecular weight excluding hydrogens is 258 g/mol. The number of para-hydroxylation sites is 1. The van der Waals surface area contributed by atoms with Crippen molar-refractivity contribution in [1.82, 2.24) is 4.98 Å². The van der Waals surface area contributed by atoms with Crippen LogP contribution >= 0.6 is 11.6 Å². The van der Waals surface area contributed by atoms with Crippen LogP contribution in [0.2, 0.25) is 5.02 Å². The van der Waals surface area contributed by atoms with Crippen molar-refractivity contribution in [2.24, 2.45) is 0 Å². The highest BCUT2D eigenvalue weighted by Crippen LogP contribution is 2.32. The zero-order valence-electron chi connectivity index (χ0n) is 10.4. The van der Waals surface area contributed by atoms with Crippen LogP contribution in [0.25, 0.3) is 22.2 Å². The van der Waals surface area contributed by atoms with Crippen molar-refractivity contribution in [3.8, 4) is 17.0 Å². The molecule has 2 nitrogen and oxygen atoms in total. The van der Waals surface area contributed by atoms with E-state index in [1.54, 1.807) is 7.11 Å². The zero-order chi connectivity index (χ0) is 13.2. The number of aromatic nitrogens is 1. The van der Waals surface area contributed by atoms with Gasteiger partial charge in [-0.25, -0.2) is 4.98 Å². The van der Waals surface area contributed by atoms with Crippen LogP contribution in [-0.2, 0) is 0 Å². The number of hydrogen-bond acceptors (Lipinski definition) is 2. The van der Waals surface area contributed by atoms with Gasteiger partial charge in [-0.15, -0.1) is 0 Å². The summed E-state index contributed by atoms with van der Waals surface area (Å²) in [5.74, 6) is 0.806. The first-order valence-electron chi connectivity index (χ1n) is 5.98. The molecule has 0 aliphatic carbocycles. The first kappa shape index (κ1) is 12.0. The first-order chi connectivity index (χ1) is 9.29. The maximum Gasteiger partial charge on any atom is 0.130 e. The fourth-order valence-corrected chi connectivity index (χ4v) is 2.35. The van der Waals surface area contributed by atoms with Gasteiger partial charge in [0.1, 0.15) is 5.75 Å². The molecule has 1 heterocycles. The molecular formula is C16H12ClNO. The SMILES string of the molecule is COc1cc(-c2ccccc2Cl)nc2ccccc12. The van der Waals surface area contributed by atoms with E-state index in [0.29, 0.717) is 5.02 Å². The van der Waals surface area contributed by atoms with Crippen LogP contribution < -0.4 is 4.74 Å². The van der Waals surface area contributed by atoms with Crippen LogP contribution in [0.4, 0.5) is 0 Å². The molecule has 3 heteroatoms. The largest absolute Gasteiger partial charge is 0.496 e. The topological polar surface area (TPSA) is 22.1 Å². The zero-order valence-corrected chi connectivity index (χ0v) is 11.2. The molecule has 0 aliphatic heterocycles. The van der Waals surface area contributed by atoms with Crippen LogP contribution in [0.5, 0.6) is 5.75 Å². The highest BCUT2D eigenvalue weighted by Gasteiger charge is 2.09. The van der Waals surface area contributed by atoms with E-state index in [9.17, 15) is 0 Å². The molecule has 0 saturated heterocycles. The van der Waals surface area contributed by atoms with Gasteiger partial charge in [0.2, 0.25) is 0 Å². The standard InChI is InChI=1S/C16H12ClNO/c1-19-16-10-15(11-6-2-4-8-13(11)17)18-14-9-5-3-7-12(14)16/h2-10H,1H3. The minimum atomic E-state index is 0.687. The van der Waals surface area contributed by atoms with E-state index in [2.05, 4.69) is 4.98 Å². The van der Waals surface area contributed by atoms with Gasteiger partial charge in [0.15, 0.2) is 0 Å². The lowest BCUT2D eigenvalue weighted by Crippen LogP contribution is -1.91. The summed E-state index contributed by atoms with van der Waals surface area (Å²) in [6, 6.07) is 17.5. The Bertz CT molecular complexity index is 740. The Morgan fingerprint density at radius 2 is 1.74 bits per heavy atom. The Morgan fingerprint density at radius 3 is 2.53 bits per heavy atom. The van der Waals surface area contributed by atoms with E-state index < -0.39 is 0 Å². The summed E-state index contributed by atoms with van der Waals surface area (Å²) in [5.41, 5.74) is 2.63. The predicted octanol–water partition coefficient (Wildman–Crippen LogP) is 4.56. The van der Waals surface area contributed by atoms with Gasteiger partial charge in [-0.3, -0.25) is 0 Å². The molecule has 94 valence electrons. The molecule has 3 aromatic rings. The number of nitrogens with zero attached hydrogens (tertiary/aromatic N) is 1. The van der Waals surface area contributed by atoms with Crippen LogP contribution in [-0.4, -0.2) is 12.1 Å².